The lowest BCUT2D eigenvalue weighted by Crippen LogP contribution is -2.48. The number of nitrogens with two attached hydrogens (primary N) is 1. The molecule has 9 nitrogen and oxygen atoms in total. The van der Waals surface area contributed by atoms with Crippen LogP contribution in [0.3, 0.4) is 0 Å². The first kappa shape index (κ1) is 21.0. The van der Waals surface area contributed by atoms with E-state index in [-0.39, 0.29) is 44.3 Å². The van der Waals surface area contributed by atoms with Crippen molar-refractivity contribution >= 4 is 17.7 Å². The van der Waals surface area contributed by atoms with Crippen molar-refractivity contribution < 1.29 is 33.0 Å². The third-order valence-corrected chi connectivity index (χ3v) is 4.82. The summed E-state index contributed by atoms with van der Waals surface area (Å²) in [6.07, 6.45) is 0.766. The van der Waals surface area contributed by atoms with Crippen LogP contribution in [0.15, 0.2) is 24.3 Å². The zero-order valence-corrected chi connectivity index (χ0v) is 15.9. The van der Waals surface area contributed by atoms with E-state index in [9.17, 15) is 18.8 Å². The molecular formula is C19H24FN3O6. The molecule has 0 bridgehead atoms. The van der Waals surface area contributed by atoms with E-state index in [1.807, 2.05) is 0 Å². The molecule has 1 atom stereocenters. The Hall–Kier alpha value is -2.72. The number of hydrogen-bond acceptors (Lipinski definition) is 6. The van der Waals surface area contributed by atoms with Crippen molar-refractivity contribution in [1.82, 2.24) is 10.2 Å². The summed E-state index contributed by atoms with van der Waals surface area (Å²) in [5, 5.41) is 2.53. The molecule has 1 aromatic carbocycles. The van der Waals surface area contributed by atoms with Crippen molar-refractivity contribution in [1.29, 1.82) is 0 Å². The molecule has 1 unspecified atom stereocenters. The number of ether oxygens (including phenoxy) is 3. The highest BCUT2D eigenvalue weighted by Gasteiger charge is 2.51. The molecule has 0 aliphatic carbocycles. The van der Waals surface area contributed by atoms with Gasteiger partial charge in [-0.3, -0.25) is 14.4 Å². The second-order valence-corrected chi connectivity index (χ2v) is 6.93. The van der Waals surface area contributed by atoms with Crippen LogP contribution in [-0.4, -0.2) is 67.4 Å². The Balaban J connectivity index is 1.39. The smallest absolute Gasteiger partial charge is 0.242 e. The molecule has 0 aromatic heterocycles. The van der Waals surface area contributed by atoms with Crippen molar-refractivity contribution in [3.63, 3.8) is 0 Å². The van der Waals surface area contributed by atoms with Crippen LogP contribution in [0.2, 0.25) is 0 Å². The molecule has 3 amide bonds. The average molecular weight is 409 g/mol. The molecular weight excluding hydrogens is 385 g/mol. The van der Waals surface area contributed by atoms with Crippen LogP contribution in [0.4, 0.5) is 4.39 Å². The highest BCUT2D eigenvalue weighted by Crippen LogP contribution is 2.34. The number of amides is 3. The van der Waals surface area contributed by atoms with Crippen molar-refractivity contribution in [2.24, 2.45) is 5.73 Å². The molecule has 29 heavy (non-hydrogen) atoms. The number of primary amides is 1. The molecule has 0 radical (unpaired) electrons. The van der Waals surface area contributed by atoms with Crippen molar-refractivity contribution in [2.45, 2.75) is 31.1 Å². The van der Waals surface area contributed by atoms with Gasteiger partial charge >= 0.3 is 0 Å². The molecule has 3 N–H and O–H groups in total. The van der Waals surface area contributed by atoms with Crippen molar-refractivity contribution in [3.05, 3.63) is 30.1 Å². The quantitative estimate of drug-likeness (QED) is 0.580. The largest absolute Gasteiger partial charge is 0.494 e. The normalized spacial score (nSPS) is 20.0. The van der Waals surface area contributed by atoms with Crippen LogP contribution in [0, 0.1) is 5.82 Å². The maximum atomic E-state index is 12.8. The Morgan fingerprint density at radius 1 is 1.24 bits per heavy atom. The third-order valence-electron chi connectivity index (χ3n) is 4.82. The van der Waals surface area contributed by atoms with Gasteiger partial charge in [0.1, 0.15) is 17.6 Å². The fourth-order valence-corrected chi connectivity index (χ4v) is 3.38. The summed E-state index contributed by atoms with van der Waals surface area (Å²) in [5.41, 5.74) is 5.40. The average Bonchev–Trinajstić information content (AvgIpc) is 3.32. The molecule has 1 spiro atoms. The first-order chi connectivity index (χ1) is 13.9. The monoisotopic (exact) mass is 409 g/mol. The fourth-order valence-electron chi connectivity index (χ4n) is 3.38. The fraction of sp³-hybridized carbons (Fsp3) is 0.526. The first-order valence-corrected chi connectivity index (χ1v) is 9.40. The maximum absolute atomic E-state index is 12.8. The number of nitrogens with one attached hydrogen (secondary N) is 1. The summed E-state index contributed by atoms with van der Waals surface area (Å²) in [6.45, 7) is 0.910. The number of carbonyl (C=O) groups excluding carboxylic acids is 3. The van der Waals surface area contributed by atoms with Gasteiger partial charge in [-0.15, -0.1) is 0 Å². The lowest BCUT2D eigenvalue weighted by molar-refractivity contribution is -0.152. The molecule has 3 rings (SSSR count). The summed E-state index contributed by atoms with van der Waals surface area (Å²) < 4.78 is 29.3. The number of halogens is 1. The highest BCUT2D eigenvalue weighted by atomic mass is 19.1. The Morgan fingerprint density at radius 2 is 1.93 bits per heavy atom. The van der Waals surface area contributed by atoms with Gasteiger partial charge in [-0.2, -0.15) is 0 Å². The van der Waals surface area contributed by atoms with E-state index >= 15 is 0 Å². The number of hydrogen-bond donors (Lipinski definition) is 2. The topological polar surface area (TPSA) is 120 Å². The van der Waals surface area contributed by atoms with E-state index in [4.69, 9.17) is 19.9 Å². The maximum Gasteiger partial charge on any atom is 0.242 e. The minimum absolute atomic E-state index is 0.0980. The second kappa shape index (κ2) is 9.19. The molecule has 2 fully saturated rings. The van der Waals surface area contributed by atoms with Gasteiger partial charge in [0, 0.05) is 12.8 Å². The Morgan fingerprint density at radius 3 is 2.59 bits per heavy atom. The zero-order valence-electron chi connectivity index (χ0n) is 15.9. The zero-order chi connectivity index (χ0) is 20.9. The number of benzene rings is 1. The van der Waals surface area contributed by atoms with E-state index < -0.39 is 23.6 Å². The lowest BCUT2D eigenvalue weighted by atomic mass is 10.1. The molecule has 0 saturated carbocycles. The molecule has 2 aliphatic rings. The predicted octanol–water partition coefficient (Wildman–Crippen LogP) is -0.0698. The summed E-state index contributed by atoms with van der Waals surface area (Å²) in [6, 6.07) is 4.75. The molecule has 2 aliphatic heterocycles. The minimum Gasteiger partial charge on any atom is -0.494 e. The Bertz CT molecular complexity index is 751. The van der Waals surface area contributed by atoms with Crippen LogP contribution in [0.5, 0.6) is 5.75 Å². The number of nitrogens with zero attached hydrogens (tertiary/aromatic N) is 1. The molecule has 10 heteroatoms. The Kier molecular flexibility index (Phi) is 6.65. The van der Waals surface area contributed by atoms with Crippen LogP contribution < -0.4 is 15.8 Å². The summed E-state index contributed by atoms with van der Waals surface area (Å²) in [7, 11) is 0. The third kappa shape index (κ3) is 5.42. The van der Waals surface area contributed by atoms with Gasteiger partial charge in [0.25, 0.3) is 0 Å². The first-order valence-electron chi connectivity index (χ1n) is 9.40. The standard InChI is InChI=1S/C19H24FN3O6/c20-13-3-5-14(6-4-13)27-7-1-2-16(24)22-11-17(25)23-12-19(28-8-9-29-19)10-15(23)18(21)26/h3-6,15H,1-2,7-12H2,(H2,21,26)(H,22,24). The summed E-state index contributed by atoms with van der Waals surface area (Å²) in [5.74, 6) is -2.22. The highest BCUT2D eigenvalue weighted by molar-refractivity contribution is 5.90. The van der Waals surface area contributed by atoms with E-state index in [0.717, 1.165) is 0 Å². The SMILES string of the molecule is NC(=O)C1CC2(CN1C(=O)CNC(=O)CCCOc1ccc(F)cc1)OCCO2. The predicted molar refractivity (Wildman–Crippen MR) is 98.1 cm³/mol. The lowest BCUT2D eigenvalue weighted by Gasteiger charge is -2.23. The minimum atomic E-state index is -0.989. The molecule has 1 aromatic rings. The van der Waals surface area contributed by atoms with Gasteiger partial charge in [0.15, 0.2) is 5.79 Å². The number of carbonyl (C=O) groups is 3. The molecule has 2 heterocycles. The van der Waals surface area contributed by atoms with Gasteiger partial charge in [-0.05, 0) is 30.7 Å². The van der Waals surface area contributed by atoms with E-state index in [1.54, 1.807) is 0 Å². The number of rotatable bonds is 8. The van der Waals surface area contributed by atoms with Gasteiger partial charge in [0.2, 0.25) is 17.7 Å². The van der Waals surface area contributed by atoms with E-state index in [0.29, 0.717) is 25.4 Å². The summed E-state index contributed by atoms with van der Waals surface area (Å²) >= 11 is 0. The van der Waals surface area contributed by atoms with Crippen LogP contribution in [0.1, 0.15) is 19.3 Å². The van der Waals surface area contributed by atoms with Gasteiger partial charge < -0.3 is 30.2 Å². The molecule has 2 saturated heterocycles. The van der Waals surface area contributed by atoms with Crippen molar-refractivity contribution in [3.8, 4) is 5.75 Å². The van der Waals surface area contributed by atoms with Gasteiger partial charge in [-0.25, -0.2) is 4.39 Å². The van der Waals surface area contributed by atoms with E-state index in [2.05, 4.69) is 5.32 Å². The van der Waals surface area contributed by atoms with Crippen molar-refractivity contribution in [2.75, 3.05) is 32.9 Å². The van der Waals surface area contributed by atoms with Crippen LogP contribution in [0.25, 0.3) is 0 Å². The molecule has 158 valence electrons. The van der Waals surface area contributed by atoms with Crippen LogP contribution in [-0.2, 0) is 23.9 Å². The summed E-state index contributed by atoms with van der Waals surface area (Å²) in [4.78, 5) is 37.4. The van der Waals surface area contributed by atoms with Crippen LogP contribution >= 0.6 is 0 Å². The van der Waals surface area contributed by atoms with Gasteiger partial charge in [0.05, 0.1) is 32.9 Å². The number of likely N-dealkylation sites (tertiary alicyclic amines) is 1. The Labute approximate surface area is 167 Å². The van der Waals surface area contributed by atoms with Gasteiger partial charge in [-0.1, -0.05) is 0 Å². The second-order valence-electron chi connectivity index (χ2n) is 6.93. The van der Waals surface area contributed by atoms with E-state index in [1.165, 1.54) is 29.2 Å².